The number of benzene rings is 1. The van der Waals surface area contributed by atoms with Crippen molar-refractivity contribution in [2.24, 2.45) is 0 Å². The predicted octanol–water partition coefficient (Wildman–Crippen LogP) is 2.57. The van der Waals surface area contributed by atoms with Gasteiger partial charge in [-0.3, -0.25) is 4.90 Å². The Balaban J connectivity index is 1.57. The van der Waals surface area contributed by atoms with Crippen molar-refractivity contribution in [1.82, 2.24) is 15.1 Å². The second kappa shape index (κ2) is 7.02. The molecule has 1 aliphatic rings. The molecule has 1 aromatic carbocycles. The second-order valence-electron chi connectivity index (χ2n) is 5.40. The van der Waals surface area contributed by atoms with Crippen LogP contribution in [0.2, 0.25) is 0 Å². The molecule has 1 aliphatic heterocycles. The quantitative estimate of drug-likeness (QED) is 0.824. The van der Waals surface area contributed by atoms with Crippen LogP contribution in [0.4, 0.5) is 10.2 Å². The van der Waals surface area contributed by atoms with Gasteiger partial charge in [0.05, 0.1) is 4.47 Å². The van der Waals surface area contributed by atoms with Gasteiger partial charge in [0.15, 0.2) is 11.5 Å². The van der Waals surface area contributed by atoms with E-state index in [1.807, 2.05) is 18.2 Å². The number of anilines is 1. The molecule has 0 aliphatic carbocycles. The second-order valence-corrected chi connectivity index (χ2v) is 6.25. The number of piperazine rings is 1. The fraction of sp³-hybridized carbons (Fsp3) is 0.312. The maximum absolute atomic E-state index is 13.6. The van der Waals surface area contributed by atoms with E-state index in [0.717, 1.165) is 44.1 Å². The molecule has 0 spiro atoms. The van der Waals surface area contributed by atoms with Crippen molar-refractivity contribution in [2.45, 2.75) is 6.54 Å². The zero-order chi connectivity index (χ0) is 16.2. The van der Waals surface area contributed by atoms with Crippen LogP contribution in [0.3, 0.4) is 0 Å². The van der Waals surface area contributed by atoms with Crippen molar-refractivity contribution in [3.8, 4) is 6.07 Å². The highest BCUT2D eigenvalue weighted by Gasteiger charge is 2.18. The van der Waals surface area contributed by atoms with Crippen LogP contribution in [0.5, 0.6) is 0 Å². The molecule has 1 fully saturated rings. The summed E-state index contributed by atoms with van der Waals surface area (Å²) in [6, 6.07) is 10.7. The number of halogens is 2. The van der Waals surface area contributed by atoms with Crippen molar-refractivity contribution < 1.29 is 4.39 Å². The number of hydrogen-bond donors (Lipinski definition) is 0. The molecule has 23 heavy (non-hydrogen) atoms. The Morgan fingerprint density at radius 2 is 1.91 bits per heavy atom. The van der Waals surface area contributed by atoms with Crippen LogP contribution in [0.15, 0.2) is 34.8 Å². The molecule has 0 amide bonds. The molecule has 2 aromatic rings. The van der Waals surface area contributed by atoms with Gasteiger partial charge in [0, 0.05) is 32.7 Å². The molecule has 0 atom stereocenters. The lowest BCUT2D eigenvalue weighted by Crippen LogP contribution is -2.46. The topological polar surface area (TPSA) is 56.1 Å². The molecule has 118 valence electrons. The van der Waals surface area contributed by atoms with Crippen molar-refractivity contribution >= 4 is 21.7 Å². The Labute approximate surface area is 142 Å². The van der Waals surface area contributed by atoms with Crippen molar-refractivity contribution in [2.75, 3.05) is 31.1 Å². The minimum Gasteiger partial charge on any atom is -0.353 e. The van der Waals surface area contributed by atoms with Crippen LogP contribution in [-0.4, -0.2) is 41.3 Å². The summed E-state index contributed by atoms with van der Waals surface area (Å²) in [6.45, 7) is 4.15. The van der Waals surface area contributed by atoms with E-state index in [4.69, 9.17) is 5.26 Å². The van der Waals surface area contributed by atoms with Gasteiger partial charge in [-0.15, -0.1) is 10.2 Å². The third-order valence-corrected chi connectivity index (χ3v) is 4.49. The Morgan fingerprint density at radius 1 is 1.13 bits per heavy atom. The van der Waals surface area contributed by atoms with Crippen LogP contribution in [0, 0.1) is 17.1 Å². The first-order valence-electron chi connectivity index (χ1n) is 7.31. The zero-order valence-corrected chi connectivity index (χ0v) is 14.0. The first-order chi connectivity index (χ1) is 11.2. The average Bonchev–Trinajstić information content (AvgIpc) is 2.59. The number of nitrogens with zero attached hydrogens (tertiary/aromatic N) is 5. The largest absolute Gasteiger partial charge is 0.353 e. The van der Waals surface area contributed by atoms with E-state index in [9.17, 15) is 4.39 Å². The molecular formula is C16H15BrFN5. The molecule has 0 bridgehead atoms. The molecule has 1 aromatic heterocycles. The van der Waals surface area contributed by atoms with Gasteiger partial charge < -0.3 is 4.90 Å². The summed E-state index contributed by atoms with van der Waals surface area (Å²) in [4.78, 5) is 4.43. The highest BCUT2D eigenvalue weighted by atomic mass is 79.9. The van der Waals surface area contributed by atoms with Gasteiger partial charge in [0.2, 0.25) is 0 Å². The first kappa shape index (κ1) is 15.8. The first-order valence-corrected chi connectivity index (χ1v) is 8.10. The predicted molar refractivity (Wildman–Crippen MR) is 88.3 cm³/mol. The lowest BCUT2D eigenvalue weighted by molar-refractivity contribution is 0.249. The maximum atomic E-state index is 13.6. The number of rotatable bonds is 3. The van der Waals surface area contributed by atoms with Gasteiger partial charge in [-0.05, 0) is 45.8 Å². The summed E-state index contributed by atoms with van der Waals surface area (Å²) in [6.07, 6.45) is 0. The maximum Gasteiger partial charge on any atom is 0.163 e. The number of aromatic nitrogens is 2. The van der Waals surface area contributed by atoms with Gasteiger partial charge >= 0.3 is 0 Å². The standard InChI is InChI=1S/C16H15BrFN5/c17-14-3-1-12(9-15(14)18)11-22-5-7-23(8-6-22)16-4-2-13(10-19)20-21-16/h1-4,9H,5-8,11H2. The average molecular weight is 376 g/mol. The zero-order valence-electron chi connectivity index (χ0n) is 12.4. The molecule has 0 radical (unpaired) electrons. The molecule has 0 N–H and O–H groups in total. The summed E-state index contributed by atoms with van der Waals surface area (Å²) in [5, 5.41) is 16.7. The van der Waals surface area contributed by atoms with Gasteiger partial charge in [0.1, 0.15) is 11.9 Å². The van der Waals surface area contributed by atoms with Crippen LogP contribution in [0.25, 0.3) is 0 Å². The molecule has 7 heteroatoms. The Hall–Kier alpha value is -2.04. The molecule has 0 unspecified atom stereocenters. The van der Waals surface area contributed by atoms with E-state index in [2.05, 4.69) is 35.9 Å². The third kappa shape index (κ3) is 3.84. The summed E-state index contributed by atoms with van der Waals surface area (Å²) < 4.78 is 14.1. The van der Waals surface area contributed by atoms with Gasteiger partial charge in [-0.25, -0.2) is 4.39 Å². The van der Waals surface area contributed by atoms with E-state index in [-0.39, 0.29) is 5.82 Å². The Kier molecular flexibility index (Phi) is 4.84. The van der Waals surface area contributed by atoms with Crippen LogP contribution >= 0.6 is 15.9 Å². The van der Waals surface area contributed by atoms with Gasteiger partial charge in [-0.2, -0.15) is 5.26 Å². The molecule has 2 heterocycles. The minimum absolute atomic E-state index is 0.228. The van der Waals surface area contributed by atoms with Gasteiger partial charge in [0.25, 0.3) is 0 Å². The van der Waals surface area contributed by atoms with Gasteiger partial charge in [-0.1, -0.05) is 6.07 Å². The smallest absolute Gasteiger partial charge is 0.163 e. The molecule has 0 saturated carbocycles. The molecule has 3 rings (SSSR count). The lowest BCUT2D eigenvalue weighted by Gasteiger charge is -2.35. The highest BCUT2D eigenvalue weighted by molar-refractivity contribution is 9.10. The van der Waals surface area contributed by atoms with E-state index in [0.29, 0.717) is 10.2 Å². The normalized spacial score (nSPS) is 15.4. The minimum atomic E-state index is -0.228. The summed E-state index contributed by atoms with van der Waals surface area (Å²) in [7, 11) is 0. The van der Waals surface area contributed by atoms with Crippen LogP contribution in [0.1, 0.15) is 11.3 Å². The molecular weight excluding hydrogens is 361 g/mol. The van der Waals surface area contributed by atoms with Crippen LogP contribution < -0.4 is 4.90 Å². The van der Waals surface area contributed by atoms with Crippen molar-refractivity contribution in [1.29, 1.82) is 5.26 Å². The lowest BCUT2D eigenvalue weighted by atomic mass is 10.2. The monoisotopic (exact) mass is 375 g/mol. The summed E-state index contributed by atoms with van der Waals surface area (Å²) in [5.74, 6) is 0.562. The summed E-state index contributed by atoms with van der Waals surface area (Å²) >= 11 is 3.17. The Bertz CT molecular complexity index is 720. The fourth-order valence-corrected chi connectivity index (χ4v) is 2.83. The molecule has 1 saturated heterocycles. The SMILES string of the molecule is N#Cc1ccc(N2CCN(Cc3ccc(Br)c(F)c3)CC2)nn1. The van der Waals surface area contributed by atoms with Crippen LogP contribution in [-0.2, 0) is 6.54 Å². The van der Waals surface area contributed by atoms with E-state index < -0.39 is 0 Å². The highest BCUT2D eigenvalue weighted by Crippen LogP contribution is 2.19. The fourth-order valence-electron chi connectivity index (χ4n) is 2.58. The van der Waals surface area contributed by atoms with E-state index >= 15 is 0 Å². The van der Waals surface area contributed by atoms with E-state index in [1.54, 1.807) is 18.2 Å². The summed E-state index contributed by atoms with van der Waals surface area (Å²) in [5.41, 5.74) is 1.29. The van der Waals surface area contributed by atoms with Crippen molar-refractivity contribution in [3.63, 3.8) is 0 Å². The Morgan fingerprint density at radius 3 is 2.52 bits per heavy atom. The van der Waals surface area contributed by atoms with Crippen molar-refractivity contribution in [3.05, 3.63) is 51.9 Å². The van der Waals surface area contributed by atoms with E-state index in [1.165, 1.54) is 0 Å². The molecule has 5 nitrogen and oxygen atoms in total. The number of nitriles is 1. The third-order valence-electron chi connectivity index (χ3n) is 3.85. The number of hydrogen-bond acceptors (Lipinski definition) is 5.